The van der Waals surface area contributed by atoms with Crippen molar-refractivity contribution < 1.29 is 14.3 Å². The van der Waals surface area contributed by atoms with E-state index < -0.39 is 17.2 Å². The lowest BCUT2D eigenvalue weighted by Crippen LogP contribution is -2.47. The molecule has 0 aromatic heterocycles. The van der Waals surface area contributed by atoms with Crippen LogP contribution in [0.3, 0.4) is 0 Å². The molecule has 0 radical (unpaired) electrons. The van der Waals surface area contributed by atoms with Crippen LogP contribution in [0.5, 0.6) is 0 Å². The highest BCUT2D eigenvalue weighted by molar-refractivity contribution is 9.10. The van der Waals surface area contributed by atoms with Gasteiger partial charge < -0.3 is 4.74 Å². The maximum absolute atomic E-state index is 12.4. The zero-order valence-electron chi connectivity index (χ0n) is 12.8. The number of carbonyl (C=O) groups excluding carboxylic acids is 2. The summed E-state index contributed by atoms with van der Waals surface area (Å²) in [6, 6.07) is 7.69. The topological polar surface area (TPSA) is 46.6 Å². The first kappa shape index (κ1) is 16.0. The molecule has 5 heteroatoms. The van der Waals surface area contributed by atoms with E-state index in [-0.39, 0.29) is 5.91 Å². The molecular formula is C16H20BrNO3. The summed E-state index contributed by atoms with van der Waals surface area (Å²) >= 11 is 3.40. The summed E-state index contributed by atoms with van der Waals surface area (Å²) in [5, 5.41) is 0. The maximum atomic E-state index is 12.4. The van der Waals surface area contributed by atoms with E-state index in [1.165, 1.54) is 4.90 Å². The van der Waals surface area contributed by atoms with Gasteiger partial charge in [-0.25, -0.2) is 9.69 Å². The Morgan fingerprint density at radius 2 is 1.86 bits per heavy atom. The Bertz CT molecular complexity index is 562. The molecular weight excluding hydrogens is 334 g/mol. The number of hydrogen-bond acceptors (Lipinski definition) is 3. The van der Waals surface area contributed by atoms with Crippen LogP contribution >= 0.6 is 15.9 Å². The fourth-order valence-electron chi connectivity index (χ4n) is 2.54. The molecule has 0 aliphatic carbocycles. The molecule has 1 aromatic carbocycles. The van der Waals surface area contributed by atoms with Gasteiger partial charge >= 0.3 is 6.09 Å². The van der Waals surface area contributed by atoms with E-state index in [1.807, 2.05) is 31.2 Å². The highest BCUT2D eigenvalue weighted by atomic mass is 79.9. The summed E-state index contributed by atoms with van der Waals surface area (Å²) in [7, 11) is 0. The molecule has 1 aliphatic rings. The molecule has 0 spiro atoms. The number of imide groups is 1. The Kier molecular flexibility index (Phi) is 4.15. The van der Waals surface area contributed by atoms with E-state index in [4.69, 9.17) is 4.74 Å². The molecule has 1 heterocycles. The molecule has 1 saturated heterocycles. The molecule has 0 saturated carbocycles. The van der Waals surface area contributed by atoms with Gasteiger partial charge in [-0.1, -0.05) is 28.1 Å². The van der Waals surface area contributed by atoms with Crippen molar-refractivity contribution in [1.29, 1.82) is 0 Å². The smallest absolute Gasteiger partial charge is 0.417 e. The number of rotatable bonds is 1. The lowest BCUT2D eigenvalue weighted by molar-refractivity contribution is -0.130. The first-order valence-electron chi connectivity index (χ1n) is 6.95. The minimum atomic E-state index is -0.653. The van der Waals surface area contributed by atoms with Crippen molar-refractivity contribution in [2.45, 2.75) is 51.7 Å². The second kappa shape index (κ2) is 5.44. The Hall–Kier alpha value is -1.36. The average molecular weight is 354 g/mol. The van der Waals surface area contributed by atoms with E-state index in [0.29, 0.717) is 12.8 Å². The third kappa shape index (κ3) is 3.28. The van der Waals surface area contributed by atoms with Gasteiger partial charge in [-0.05, 0) is 51.8 Å². The molecule has 2 rings (SSSR count). The fraction of sp³-hybridized carbons (Fsp3) is 0.500. The van der Waals surface area contributed by atoms with Gasteiger partial charge in [0.1, 0.15) is 5.60 Å². The third-order valence-electron chi connectivity index (χ3n) is 3.61. The van der Waals surface area contributed by atoms with Crippen LogP contribution in [-0.4, -0.2) is 22.5 Å². The van der Waals surface area contributed by atoms with Crippen LogP contribution in [0.1, 0.15) is 46.1 Å². The lowest BCUT2D eigenvalue weighted by atomic mass is 9.89. The van der Waals surface area contributed by atoms with Crippen LogP contribution in [0.4, 0.5) is 4.79 Å². The number of benzene rings is 1. The summed E-state index contributed by atoms with van der Waals surface area (Å²) in [5.41, 5.74) is -0.344. The van der Waals surface area contributed by atoms with Gasteiger partial charge in [-0.2, -0.15) is 0 Å². The van der Waals surface area contributed by atoms with Gasteiger partial charge in [0.25, 0.3) is 0 Å². The summed E-state index contributed by atoms with van der Waals surface area (Å²) in [4.78, 5) is 25.8. The normalized spacial score (nSPS) is 22.5. The first-order valence-corrected chi connectivity index (χ1v) is 7.75. The van der Waals surface area contributed by atoms with Crippen molar-refractivity contribution in [1.82, 2.24) is 4.90 Å². The number of likely N-dealkylation sites (tertiary alicyclic amines) is 1. The van der Waals surface area contributed by atoms with E-state index in [9.17, 15) is 9.59 Å². The van der Waals surface area contributed by atoms with E-state index in [2.05, 4.69) is 15.9 Å². The number of ether oxygens (including phenoxy) is 1. The largest absolute Gasteiger partial charge is 0.443 e. The van der Waals surface area contributed by atoms with Crippen LogP contribution in [0, 0.1) is 0 Å². The predicted octanol–water partition coefficient (Wildman–Crippen LogP) is 4.22. The van der Waals surface area contributed by atoms with E-state index >= 15 is 0 Å². The summed E-state index contributed by atoms with van der Waals surface area (Å²) in [6.45, 7) is 7.29. The third-order valence-corrected chi connectivity index (χ3v) is 4.14. The second-order valence-corrected chi connectivity index (χ2v) is 7.41. The standard InChI is InChI=1S/C16H20BrNO3/c1-15(2,3)21-14(20)18-13(19)9-10-16(18,4)11-5-7-12(17)8-6-11/h5-8H,9-10H2,1-4H3. The van der Waals surface area contributed by atoms with Gasteiger partial charge in [0, 0.05) is 10.9 Å². The quantitative estimate of drug-likeness (QED) is 0.759. The van der Waals surface area contributed by atoms with Crippen LogP contribution in [-0.2, 0) is 15.1 Å². The number of nitrogens with zero attached hydrogens (tertiary/aromatic N) is 1. The molecule has 114 valence electrons. The molecule has 4 nitrogen and oxygen atoms in total. The fourth-order valence-corrected chi connectivity index (χ4v) is 2.81. The predicted molar refractivity (Wildman–Crippen MR) is 83.8 cm³/mol. The Morgan fingerprint density at radius 3 is 2.38 bits per heavy atom. The molecule has 1 aromatic rings. The molecule has 1 unspecified atom stereocenters. The van der Waals surface area contributed by atoms with Crippen molar-refractivity contribution in [2.24, 2.45) is 0 Å². The minimum Gasteiger partial charge on any atom is -0.443 e. The summed E-state index contributed by atoms with van der Waals surface area (Å²) in [6.07, 6.45) is 0.383. The van der Waals surface area contributed by atoms with Crippen LogP contribution in [0.2, 0.25) is 0 Å². The highest BCUT2D eigenvalue weighted by Crippen LogP contribution is 2.40. The van der Waals surface area contributed by atoms with E-state index in [1.54, 1.807) is 20.8 Å². The monoisotopic (exact) mass is 353 g/mol. The second-order valence-electron chi connectivity index (χ2n) is 6.49. The Balaban J connectivity index is 2.35. The average Bonchev–Trinajstić information content (AvgIpc) is 2.65. The van der Waals surface area contributed by atoms with Gasteiger partial charge in [-0.3, -0.25) is 4.79 Å². The van der Waals surface area contributed by atoms with Crippen LogP contribution in [0.15, 0.2) is 28.7 Å². The van der Waals surface area contributed by atoms with Crippen molar-refractivity contribution >= 4 is 27.9 Å². The maximum Gasteiger partial charge on any atom is 0.417 e. The number of amides is 2. The highest BCUT2D eigenvalue weighted by Gasteiger charge is 2.48. The van der Waals surface area contributed by atoms with Gasteiger partial charge in [0.05, 0.1) is 5.54 Å². The molecule has 21 heavy (non-hydrogen) atoms. The zero-order chi connectivity index (χ0) is 15.8. The number of carbonyl (C=O) groups is 2. The number of hydrogen-bond donors (Lipinski definition) is 0. The van der Waals surface area contributed by atoms with E-state index in [0.717, 1.165) is 10.0 Å². The van der Waals surface area contributed by atoms with Crippen molar-refractivity contribution in [3.63, 3.8) is 0 Å². The summed E-state index contributed by atoms with van der Waals surface area (Å²) in [5.74, 6) is -0.185. The van der Waals surface area contributed by atoms with Crippen molar-refractivity contribution in [2.75, 3.05) is 0 Å². The van der Waals surface area contributed by atoms with Crippen molar-refractivity contribution in [3.05, 3.63) is 34.3 Å². The molecule has 1 aliphatic heterocycles. The first-order chi connectivity index (χ1) is 9.63. The molecule has 2 amide bonds. The lowest BCUT2D eigenvalue weighted by Gasteiger charge is -2.35. The minimum absolute atomic E-state index is 0.185. The molecule has 1 fully saturated rings. The van der Waals surface area contributed by atoms with Crippen molar-refractivity contribution in [3.8, 4) is 0 Å². The Labute approximate surface area is 133 Å². The molecule has 1 atom stereocenters. The SMILES string of the molecule is CC(C)(C)OC(=O)N1C(=O)CCC1(C)c1ccc(Br)cc1. The molecule has 0 bridgehead atoms. The zero-order valence-corrected chi connectivity index (χ0v) is 14.4. The Morgan fingerprint density at radius 1 is 1.29 bits per heavy atom. The van der Waals surface area contributed by atoms with Crippen LogP contribution in [0.25, 0.3) is 0 Å². The van der Waals surface area contributed by atoms with Gasteiger partial charge in [-0.15, -0.1) is 0 Å². The van der Waals surface area contributed by atoms with Gasteiger partial charge in [0.2, 0.25) is 5.91 Å². The molecule has 0 N–H and O–H groups in total. The summed E-state index contributed by atoms with van der Waals surface area (Å²) < 4.78 is 6.35. The number of halogens is 1. The van der Waals surface area contributed by atoms with Crippen LogP contribution < -0.4 is 0 Å². The van der Waals surface area contributed by atoms with Gasteiger partial charge in [0.15, 0.2) is 0 Å².